The average molecular weight is 344 g/mol. The third-order valence-electron chi connectivity index (χ3n) is 4.23. The summed E-state index contributed by atoms with van der Waals surface area (Å²) in [5, 5.41) is 13.3. The van der Waals surface area contributed by atoms with Crippen LogP contribution in [0, 0.1) is 10.1 Å². The van der Waals surface area contributed by atoms with E-state index in [4.69, 9.17) is 4.42 Å². The SMILES string of the molecule is CN1CCN(c2cccc(CNC(=O)c3ccc([N+](=O)[O-])o3)c2)CC1. The monoisotopic (exact) mass is 344 g/mol. The standard InChI is InChI=1S/C17H20N4O4/c1-19-7-9-20(10-8-19)14-4-2-3-13(11-14)12-18-17(22)15-5-6-16(25-15)21(23)24/h2-6,11H,7-10,12H2,1H3,(H,18,22). The molecule has 0 saturated carbocycles. The van der Waals surface area contributed by atoms with E-state index in [1.807, 2.05) is 12.1 Å². The zero-order valence-electron chi connectivity index (χ0n) is 14.0. The summed E-state index contributed by atoms with van der Waals surface area (Å²) >= 11 is 0. The van der Waals surface area contributed by atoms with Gasteiger partial charge in [0.1, 0.15) is 4.92 Å². The van der Waals surface area contributed by atoms with Crippen LogP contribution in [0.2, 0.25) is 0 Å². The van der Waals surface area contributed by atoms with Gasteiger partial charge in [0.2, 0.25) is 0 Å². The highest BCUT2D eigenvalue weighted by molar-refractivity contribution is 5.91. The molecule has 0 bridgehead atoms. The Balaban J connectivity index is 1.60. The van der Waals surface area contributed by atoms with Crippen molar-refractivity contribution in [2.24, 2.45) is 0 Å². The summed E-state index contributed by atoms with van der Waals surface area (Å²) in [5.74, 6) is -0.984. The van der Waals surface area contributed by atoms with Gasteiger partial charge in [-0.3, -0.25) is 14.9 Å². The van der Waals surface area contributed by atoms with Gasteiger partial charge in [0.25, 0.3) is 5.91 Å². The third kappa shape index (κ3) is 4.16. The topological polar surface area (TPSA) is 91.9 Å². The summed E-state index contributed by atoms with van der Waals surface area (Å²) in [6, 6.07) is 10.5. The molecule has 0 unspecified atom stereocenters. The summed E-state index contributed by atoms with van der Waals surface area (Å²) in [5.41, 5.74) is 2.10. The van der Waals surface area contributed by atoms with Crippen LogP contribution >= 0.6 is 0 Å². The fourth-order valence-electron chi connectivity index (χ4n) is 2.75. The molecule has 1 saturated heterocycles. The van der Waals surface area contributed by atoms with E-state index in [9.17, 15) is 14.9 Å². The van der Waals surface area contributed by atoms with E-state index in [0.29, 0.717) is 6.54 Å². The van der Waals surface area contributed by atoms with Crippen LogP contribution in [0.5, 0.6) is 0 Å². The summed E-state index contributed by atoms with van der Waals surface area (Å²) in [4.78, 5) is 26.6. The minimum absolute atomic E-state index is 0.0677. The molecule has 3 rings (SSSR count). The molecule has 0 atom stereocenters. The Bertz CT molecular complexity index is 766. The summed E-state index contributed by atoms with van der Waals surface area (Å²) in [6.07, 6.45) is 0. The lowest BCUT2D eigenvalue weighted by molar-refractivity contribution is -0.402. The molecule has 1 N–H and O–H groups in total. The van der Waals surface area contributed by atoms with Gasteiger partial charge in [0.05, 0.1) is 6.07 Å². The number of benzene rings is 1. The molecule has 8 heteroatoms. The van der Waals surface area contributed by atoms with Crippen molar-refractivity contribution in [3.63, 3.8) is 0 Å². The fraction of sp³-hybridized carbons (Fsp3) is 0.353. The molecule has 2 aromatic rings. The number of hydrogen-bond acceptors (Lipinski definition) is 6. The van der Waals surface area contributed by atoms with E-state index in [1.165, 1.54) is 12.1 Å². The number of rotatable bonds is 5. The molecule has 1 aromatic carbocycles. The van der Waals surface area contributed by atoms with Gasteiger partial charge in [-0.2, -0.15) is 0 Å². The molecule has 1 fully saturated rings. The van der Waals surface area contributed by atoms with E-state index in [-0.39, 0.29) is 5.76 Å². The molecule has 0 spiro atoms. The number of furan rings is 1. The first-order valence-electron chi connectivity index (χ1n) is 8.08. The third-order valence-corrected chi connectivity index (χ3v) is 4.23. The Morgan fingerprint density at radius 3 is 2.68 bits per heavy atom. The Labute approximate surface area is 145 Å². The van der Waals surface area contributed by atoms with E-state index < -0.39 is 16.7 Å². The van der Waals surface area contributed by atoms with Crippen molar-refractivity contribution in [2.75, 3.05) is 38.1 Å². The molecule has 0 radical (unpaired) electrons. The van der Waals surface area contributed by atoms with Crippen molar-refractivity contribution in [1.82, 2.24) is 10.2 Å². The van der Waals surface area contributed by atoms with Gasteiger partial charge < -0.3 is 19.5 Å². The molecule has 1 aliphatic rings. The number of carbonyl (C=O) groups excluding carboxylic acids is 1. The molecule has 8 nitrogen and oxygen atoms in total. The van der Waals surface area contributed by atoms with Gasteiger partial charge in [0, 0.05) is 38.4 Å². The highest BCUT2D eigenvalue weighted by atomic mass is 16.6. The number of nitrogens with zero attached hydrogens (tertiary/aromatic N) is 3. The van der Waals surface area contributed by atoms with Gasteiger partial charge in [-0.15, -0.1) is 0 Å². The molecule has 2 heterocycles. The molecular formula is C17H20N4O4. The number of hydrogen-bond donors (Lipinski definition) is 1. The Morgan fingerprint density at radius 2 is 2.00 bits per heavy atom. The lowest BCUT2D eigenvalue weighted by atomic mass is 10.1. The van der Waals surface area contributed by atoms with Gasteiger partial charge >= 0.3 is 5.88 Å². The quantitative estimate of drug-likeness (QED) is 0.658. The fourth-order valence-corrected chi connectivity index (χ4v) is 2.75. The zero-order chi connectivity index (χ0) is 17.8. The number of piperazine rings is 1. The van der Waals surface area contributed by atoms with Gasteiger partial charge in [-0.05, 0) is 30.8 Å². The number of likely N-dealkylation sites (N-methyl/N-ethyl adjacent to an activating group) is 1. The second kappa shape index (κ2) is 7.35. The summed E-state index contributed by atoms with van der Waals surface area (Å²) in [7, 11) is 2.11. The summed E-state index contributed by atoms with van der Waals surface area (Å²) < 4.78 is 4.90. The van der Waals surface area contributed by atoms with Crippen LogP contribution in [0.15, 0.2) is 40.8 Å². The first-order chi connectivity index (χ1) is 12.0. The first-order valence-corrected chi connectivity index (χ1v) is 8.08. The largest absolute Gasteiger partial charge is 0.433 e. The van der Waals surface area contributed by atoms with Crippen LogP contribution < -0.4 is 10.2 Å². The number of amides is 1. The Morgan fingerprint density at radius 1 is 1.24 bits per heavy atom. The number of nitro groups is 1. The minimum atomic E-state index is -0.670. The predicted octanol–water partition coefficient (Wildman–Crippen LogP) is 1.87. The highest BCUT2D eigenvalue weighted by Gasteiger charge is 2.17. The van der Waals surface area contributed by atoms with E-state index in [0.717, 1.165) is 37.4 Å². The Kier molecular flexibility index (Phi) is 4.99. The zero-order valence-corrected chi connectivity index (χ0v) is 14.0. The van der Waals surface area contributed by atoms with Crippen molar-refractivity contribution < 1.29 is 14.1 Å². The van der Waals surface area contributed by atoms with Gasteiger partial charge in [-0.1, -0.05) is 12.1 Å². The molecule has 1 amide bonds. The maximum atomic E-state index is 12.0. The second-order valence-electron chi connectivity index (χ2n) is 6.04. The maximum absolute atomic E-state index is 12.0. The minimum Gasteiger partial charge on any atom is -0.395 e. The molecule has 1 aliphatic heterocycles. The maximum Gasteiger partial charge on any atom is 0.433 e. The lowest BCUT2D eigenvalue weighted by Crippen LogP contribution is -2.44. The normalized spacial score (nSPS) is 15.2. The second-order valence-corrected chi connectivity index (χ2v) is 6.04. The van der Waals surface area contributed by atoms with Crippen molar-refractivity contribution in [1.29, 1.82) is 0 Å². The molecule has 1 aromatic heterocycles. The molecule has 132 valence electrons. The first kappa shape index (κ1) is 17.0. The van der Waals surface area contributed by atoms with Gasteiger partial charge in [0.15, 0.2) is 5.76 Å². The van der Waals surface area contributed by atoms with Crippen molar-refractivity contribution in [3.8, 4) is 0 Å². The average Bonchev–Trinajstić information content (AvgIpc) is 3.11. The van der Waals surface area contributed by atoms with Gasteiger partial charge in [-0.25, -0.2) is 0 Å². The molecule has 25 heavy (non-hydrogen) atoms. The number of anilines is 1. The Hall–Kier alpha value is -2.87. The number of nitrogens with one attached hydrogen (secondary N) is 1. The lowest BCUT2D eigenvalue weighted by Gasteiger charge is -2.34. The van der Waals surface area contributed by atoms with Crippen molar-refractivity contribution in [3.05, 3.63) is 57.8 Å². The number of carbonyl (C=O) groups is 1. The smallest absolute Gasteiger partial charge is 0.395 e. The van der Waals surface area contributed by atoms with E-state index >= 15 is 0 Å². The van der Waals surface area contributed by atoms with Crippen LogP contribution in [0.25, 0.3) is 0 Å². The van der Waals surface area contributed by atoms with Crippen LogP contribution in [-0.4, -0.2) is 49.0 Å². The van der Waals surface area contributed by atoms with E-state index in [1.54, 1.807) is 0 Å². The van der Waals surface area contributed by atoms with Crippen LogP contribution in [-0.2, 0) is 6.54 Å². The molecule has 0 aliphatic carbocycles. The van der Waals surface area contributed by atoms with Crippen molar-refractivity contribution in [2.45, 2.75) is 6.54 Å². The van der Waals surface area contributed by atoms with Crippen LogP contribution in [0.1, 0.15) is 16.1 Å². The predicted molar refractivity (Wildman–Crippen MR) is 92.7 cm³/mol. The van der Waals surface area contributed by atoms with Crippen LogP contribution in [0.3, 0.4) is 0 Å². The molecular weight excluding hydrogens is 324 g/mol. The highest BCUT2D eigenvalue weighted by Crippen LogP contribution is 2.19. The van der Waals surface area contributed by atoms with E-state index in [2.05, 4.69) is 34.3 Å². The summed E-state index contributed by atoms with van der Waals surface area (Å²) in [6.45, 7) is 4.33. The van der Waals surface area contributed by atoms with Crippen LogP contribution in [0.4, 0.5) is 11.6 Å². The van der Waals surface area contributed by atoms with Crippen molar-refractivity contribution >= 4 is 17.5 Å².